The Morgan fingerprint density at radius 1 is 1.29 bits per heavy atom. The van der Waals surface area contributed by atoms with Gasteiger partial charge in [0.05, 0.1) is 6.61 Å². The quantitative estimate of drug-likeness (QED) is 0.256. The van der Waals surface area contributed by atoms with Gasteiger partial charge in [-0.3, -0.25) is 4.79 Å². The average Bonchev–Trinajstić information content (AvgIpc) is 2.85. The lowest BCUT2D eigenvalue weighted by Gasteiger charge is -2.34. The Morgan fingerprint density at radius 3 is 2.65 bits per heavy atom. The van der Waals surface area contributed by atoms with Crippen molar-refractivity contribution in [1.29, 1.82) is 0 Å². The van der Waals surface area contributed by atoms with E-state index in [1.165, 1.54) is 12.1 Å². The largest absolute Gasteiger partial charge is 0.395 e. The molecule has 0 bridgehead atoms. The van der Waals surface area contributed by atoms with E-state index in [4.69, 9.17) is 22.1 Å². The molecule has 1 heterocycles. The Labute approximate surface area is 202 Å². The van der Waals surface area contributed by atoms with Crippen molar-refractivity contribution < 1.29 is 19.0 Å². The van der Waals surface area contributed by atoms with Gasteiger partial charge < -0.3 is 20.9 Å². The van der Waals surface area contributed by atoms with E-state index in [1.807, 2.05) is 12.1 Å². The van der Waals surface area contributed by atoms with Gasteiger partial charge in [-0.2, -0.15) is 0 Å². The van der Waals surface area contributed by atoms with Crippen molar-refractivity contribution in [3.05, 3.63) is 74.9 Å². The number of carbonyl (C=O) groups excluding carboxylic acids is 1. The molecule has 0 radical (unpaired) electrons. The van der Waals surface area contributed by atoms with Crippen molar-refractivity contribution in [2.24, 2.45) is 16.8 Å². The number of rotatable bonds is 10. The maximum atomic E-state index is 14.6. The van der Waals surface area contributed by atoms with Crippen LogP contribution in [0.4, 0.5) is 10.1 Å². The number of nitrogens with two attached hydrogens (primary N) is 1. The minimum absolute atomic E-state index is 0.0470. The van der Waals surface area contributed by atoms with Crippen LogP contribution in [0.3, 0.4) is 0 Å². The molecule has 2 aromatic rings. The van der Waals surface area contributed by atoms with Crippen LogP contribution in [0.25, 0.3) is 10.4 Å². The highest BCUT2D eigenvalue weighted by molar-refractivity contribution is 6.30. The Kier molecular flexibility index (Phi) is 9.68. The topological polar surface area (TPSA) is 133 Å². The van der Waals surface area contributed by atoms with Crippen LogP contribution in [-0.4, -0.2) is 42.9 Å². The standard InChI is InChI=1S/C24H29ClFN5O3/c25-17-6-4-15(5-7-17)22(16-10-12-34-13-11-16)23(30-31-28)24(33)29-21-3-1-2-20(26)19(21)9-8-18(27)14-32/h1-7,16,18,22-23,32H,8-14,27H2,(H,29,33)/t18-,22?,23?/m0/s1. The van der Waals surface area contributed by atoms with Crippen molar-refractivity contribution in [3.63, 3.8) is 0 Å². The highest BCUT2D eigenvalue weighted by Crippen LogP contribution is 2.37. The van der Waals surface area contributed by atoms with Crippen LogP contribution in [0.15, 0.2) is 47.6 Å². The highest BCUT2D eigenvalue weighted by atomic mass is 35.5. The lowest BCUT2D eigenvalue weighted by Crippen LogP contribution is -2.37. The number of ether oxygens (including phenoxy) is 1. The summed E-state index contributed by atoms with van der Waals surface area (Å²) in [6, 6.07) is 9.98. The van der Waals surface area contributed by atoms with E-state index in [0.29, 0.717) is 37.5 Å². The zero-order valence-electron chi connectivity index (χ0n) is 18.7. The first-order chi connectivity index (χ1) is 16.4. The summed E-state index contributed by atoms with van der Waals surface area (Å²) < 4.78 is 20.1. The number of aliphatic hydroxyl groups excluding tert-OH is 1. The number of nitrogens with zero attached hydrogens (tertiary/aromatic N) is 3. The predicted octanol–water partition coefficient (Wildman–Crippen LogP) is 4.56. The van der Waals surface area contributed by atoms with E-state index < -0.39 is 29.7 Å². The molecule has 4 N–H and O–H groups in total. The van der Waals surface area contributed by atoms with Gasteiger partial charge in [0, 0.05) is 46.4 Å². The normalized spacial score (nSPS) is 16.8. The van der Waals surface area contributed by atoms with Crippen LogP contribution in [0.5, 0.6) is 0 Å². The summed E-state index contributed by atoms with van der Waals surface area (Å²) in [7, 11) is 0. The minimum Gasteiger partial charge on any atom is -0.395 e. The molecule has 2 unspecified atom stereocenters. The summed E-state index contributed by atoms with van der Waals surface area (Å²) in [6.07, 6.45) is 2.00. The Balaban J connectivity index is 1.92. The maximum absolute atomic E-state index is 14.6. The molecule has 1 aliphatic heterocycles. The third kappa shape index (κ3) is 6.68. The molecule has 34 heavy (non-hydrogen) atoms. The predicted molar refractivity (Wildman–Crippen MR) is 129 cm³/mol. The molecule has 8 nitrogen and oxygen atoms in total. The highest BCUT2D eigenvalue weighted by Gasteiger charge is 2.36. The van der Waals surface area contributed by atoms with Gasteiger partial charge in [-0.05, 0) is 67.0 Å². The van der Waals surface area contributed by atoms with Gasteiger partial charge >= 0.3 is 0 Å². The number of carbonyl (C=O) groups is 1. The van der Waals surface area contributed by atoms with Crippen molar-refractivity contribution in [2.45, 2.75) is 43.7 Å². The third-order valence-corrected chi connectivity index (χ3v) is 6.44. The third-order valence-electron chi connectivity index (χ3n) is 6.19. The number of anilines is 1. The van der Waals surface area contributed by atoms with E-state index >= 15 is 0 Å². The molecule has 3 atom stereocenters. The van der Waals surface area contributed by atoms with E-state index in [2.05, 4.69) is 15.3 Å². The van der Waals surface area contributed by atoms with Crippen LogP contribution in [0.1, 0.15) is 36.3 Å². The fraction of sp³-hybridized carbons (Fsp3) is 0.458. The van der Waals surface area contributed by atoms with Crippen LogP contribution in [0.2, 0.25) is 5.02 Å². The molecule has 0 saturated carbocycles. The molecular formula is C24H29ClFN5O3. The number of hydrogen-bond acceptors (Lipinski definition) is 5. The van der Waals surface area contributed by atoms with Gasteiger partial charge in [-0.1, -0.05) is 34.9 Å². The van der Waals surface area contributed by atoms with Gasteiger partial charge in [0.25, 0.3) is 0 Å². The zero-order valence-corrected chi connectivity index (χ0v) is 19.5. The lowest BCUT2D eigenvalue weighted by atomic mass is 9.76. The number of hydrogen-bond donors (Lipinski definition) is 3. The monoisotopic (exact) mass is 489 g/mol. The van der Waals surface area contributed by atoms with Crippen molar-refractivity contribution >= 4 is 23.2 Å². The van der Waals surface area contributed by atoms with Crippen molar-refractivity contribution in [3.8, 4) is 0 Å². The van der Waals surface area contributed by atoms with E-state index in [1.54, 1.807) is 18.2 Å². The Bertz CT molecular complexity index is 1010. The molecule has 10 heteroatoms. The minimum atomic E-state index is -1.06. The van der Waals surface area contributed by atoms with E-state index in [9.17, 15) is 19.8 Å². The van der Waals surface area contributed by atoms with E-state index in [-0.39, 0.29) is 30.2 Å². The fourth-order valence-corrected chi connectivity index (χ4v) is 4.50. The number of halogens is 2. The summed E-state index contributed by atoms with van der Waals surface area (Å²) >= 11 is 6.07. The van der Waals surface area contributed by atoms with Gasteiger partial charge in [-0.25, -0.2) is 4.39 Å². The Morgan fingerprint density at radius 2 is 2.00 bits per heavy atom. The molecule has 0 spiro atoms. The van der Waals surface area contributed by atoms with Gasteiger partial charge in [-0.15, -0.1) is 0 Å². The Hall–Kier alpha value is -2.68. The molecule has 1 amide bonds. The molecule has 182 valence electrons. The SMILES string of the molecule is [N-]=[N+]=NC(C(=O)Nc1cccc(F)c1CC[C@H](N)CO)C(c1ccc(Cl)cc1)C1CCOCC1. The maximum Gasteiger partial charge on any atom is 0.234 e. The van der Waals surface area contributed by atoms with Gasteiger partial charge in [0.2, 0.25) is 5.91 Å². The van der Waals surface area contributed by atoms with E-state index in [0.717, 1.165) is 5.56 Å². The number of amides is 1. The summed E-state index contributed by atoms with van der Waals surface area (Å²) in [5.41, 5.74) is 16.5. The molecule has 1 fully saturated rings. The summed E-state index contributed by atoms with van der Waals surface area (Å²) in [5.74, 6) is -1.37. The van der Waals surface area contributed by atoms with Crippen LogP contribution >= 0.6 is 11.6 Å². The first-order valence-corrected chi connectivity index (χ1v) is 11.6. The van der Waals surface area contributed by atoms with Crippen LogP contribution < -0.4 is 11.1 Å². The molecule has 0 aromatic heterocycles. The number of nitrogens with one attached hydrogen (secondary N) is 1. The van der Waals surface area contributed by atoms with Crippen LogP contribution in [0, 0.1) is 11.7 Å². The van der Waals surface area contributed by atoms with Gasteiger partial charge in [0.1, 0.15) is 11.9 Å². The molecule has 1 saturated heterocycles. The summed E-state index contributed by atoms with van der Waals surface area (Å²) in [4.78, 5) is 16.4. The molecule has 0 aliphatic carbocycles. The number of aliphatic hydroxyl groups is 1. The fourth-order valence-electron chi connectivity index (χ4n) is 4.37. The molecular weight excluding hydrogens is 461 g/mol. The number of benzene rings is 2. The molecule has 1 aliphatic rings. The molecule has 2 aromatic carbocycles. The second-order valence-electron chi connectivity index (χ2n) is 8.41. The van der Waals surface area contributed by atoms with Crippen molar-refractivity contribution in [2.75, 3.05) is 25.1 Å². The first-order valence-electron chi connectivity index (χ1n) is 11.3. The summed E-state index contributed by atoms with van der Waals surface area (Å²) in [6.45, 7) is 0.889. The second-order valence-corrected chi connectivity index (χ2v) is 8.85. The smallest absolute Gasteiger partial charge is 0.234 e. The zero-order chi connectivity index (χ0) is 24.5. The number of azide groups is 1. The van der Waals surface area contributed by atoms with Crippen molar-refractivity contribution in [1.82, 2.24) is 0 Å². The first kappa shape index (κ1) is 25.9. The average molecular weight is 490 g/mol. The van der Waals surface area contributed by atoms with Gasteiger partial charge in [0.15, 0.2) is 0 Å². The summed E-state index contributed by atoms with van der Waals surface area (Å²) in [5, 5.41) is 16.4. The lowest BCUT2D eigenvalue weighted by molar-refractivity contribution is -0.118. The second kappa shape index (κ2) is 12.7. The van der Waals surface area contributed by atoms with Crippen LogP contribution in [-0.2, 0) is 16.0 Å². The molecule has 3 rings (SSSR count).